The van der Waals surface area contributed by atoms with Crippen LogP contribution >= 0.6 is 0 Å². The van der Waals surface area contributed by atoms with E-state index in [1.165, 1.54) is 19.6 Å². The van der Waals surface area contributed by atoms with E-state index in [4.69, 9.17) is 4.74 Å². The standard InChI is InChI=1S/C17H23FN2O2/c1-12(21)19-9-14-3-5-15(11-19)20(10-14)8-13-4-6-16(18)17(7-13)22-2/h4,6-7,14-15H,3,5,8-11H2,1-2H3/t14-,15+/m1/s1. The highest BCUT2D eigenvalue weighted by molar-refractivity contribution is 5.73. The highest BCUT2D eigenvalue weighted by atomic mass is 19.1. The molecule has 1 aromatic carbocycles. The monoisotopic (exact) mass is 306 g/mol. The molecular formula is C17H23FN2O2. The molecule has 1 amide bonds. The van der Waals surface area contributed by atoms with Gasteiger partial charge in [0.2, 0.25) is 5.91 Å². The average Bonchev–Trinajstić information content (AvgIpc) is 2.81. The lowest BCUT2D eigenvalue weighted by Gasteiger charge is -2.36. The second-order valence-electron chi connectivity index (χ2n) is 6.42. The maximum absolute atomic E-state index is 13.5. The predicted octanol–water partition coefficient (Wildman–Crippen LogP) is 2.28. The Morgan fingerprint density at radius 1 is 1.32 bits per heavy atom. The topological polar surface area (TPSA) is 32.8 Å². The van der Waals surface area contributed by atoms with Crippen LogP contribution in [0, 0.1) is 11.7 Å². The first-order valence-corrected chi connectivity index (χ1v) is 7.89. The molecule has 0 unspecified atom stereocenters. The van der Waals surface area contributed by atoms with Gasteiger partial charge in [-0.15, -0.1) is 0 Å². The van der Waals surface area contributed by atoms with Crippen LogP contribution < -0.4 is 4.74 Å². The van der Waals surface area contributed by atoms with E-state index in [1.54, 1.807) is 13.0 Å². The molecular weight excluding hydrogens is 283 g/mol. The molecule has 0 spiro atoms. The lowest BCUT2D eigenvalue weighted by atomic mass is 9.94. The summed E-state index contributed by atoms with van der Waals surface area (Å²) in [6, 6.07) is 5.46. The Hall–Kier alpha value is -1.62. The van der Waals surface area contributed by atoms with Gasteiger partial charge in [-0.2, -0.15) is 0 Å². The van der Waals surface area contributed by atoms with Crippen LogP contribution in [0.1, 0.15) is 25.3 Å². The molecule has 120 valence electrons. The van der Waals surface area contributed by atoms with E-state index < -0.39 is 0 Å². The number of methoxy groups -OCH3 is 1. The Labute approximate surface area is 130 Å². The number of piperidine rings is 1. The minimum atomic E-state index is -0.327. The summed E-state index contributed by atoms with van der Waals surface area (Å²) in [4.78, 5) is 16.1. The Kier molecular flexibility index (Phi) is 4.34. The molecule has 0 aliphatic carbocycles. The number of ether oxygens (including phenoxy) is 1. The first-order valence-electron chi connectivity index (χ1n) is 7.89. The number of fused-ring (bicyclic) bond motifs is 4. The maximum Gasteiger partial charge on any atom is 0.219 e. The fourth-order valence-electron chi connectivity index (χ4n) is 3.67. The molecule has 0 aromatic heterocycles. The maximum atomic E-state index is 13.5. The van der Waals surface area contributed by atoms with Crippen LogP contribution in [0.5, 0.6) is 5.75 Å². The van der Waals surface area contributed by atoms with Gasteiger partial charge in [0.1, 0.15) is 0 Å². The molecule has 0 N–H and O–H groups in total. The average molecular weight is 306 g/mol. The van der Waals surface area contributed by atoms with Gasteiger partial charge in [0.15, 0.2) is 11.6 Å². The van der Waals surface area contributed by atoms with E-state index in [1.807, 2.05) is 11.0 Å². The number of nitrogens with zero attached hydrogens (tertiary/aromatic N) is 2. The van der Waals surface area contributed by atoms with Gasteiger partial charge < -0.3 is 9.64 Å². The Morgan fingerprint density at radius 2 is 2.14 bits per heavy atom. The van der Waals surface area contributed by atoms with E-state index in [0.29, 0.717) is 17.7 Å². The Morgan fingerprint density at radius 3 is 2.86 bits per heavy atom. The molecule has 1 aromatic rings. The number of rotatable bonds is 3. The van der Waals surface area contributed by atoms with Gasteiger partial charge in [0, 0.05) is 39.1 Å². The van der Waals surface area contributed by atoms with Gasteiger partial charge in [-0.25, -0.2) is 4.39 Å². The zero-order valence-electron chi connectivity index (χ0n) is 13.2. The van der Waals surface area contributed by atoms with Crippen molar-refractivity contribution in [3.05, 3.63) is 29.6 Å². The van der Waals surface area contributed by atoms with Crippen LogP contribution in [-0.4, -0.2) is 48.5 Å². The van der Waals surface area contributed by atoms with Crippen molar-refractivity contribution in [1.29, 1.82) is 0 Å². The second kappa shape index (κ2) is 6.24. The number of carbonyl (C=O) groups excluding carboxylic acids is 1. The van der Waals surface area contributed by atoms with Crippen molar-refractivity contribution in [2.45, 2.75) is 32.4 Å². The first kappa shape index (κ1) is 15.3. The minimum Gasteiger partial charge on any atom is -0.494 e. The van der Waals surface area contributed by atoms with E-state index in [-0.39, 0.29) is 11.7 Å². The van der Waals surface area contributed by atoms with Gasteiger partial charge >= 0.3 is 0 Å². The summed E-state index contributed by atoms with van der Waals surface area (Å²) < 4.78 is 18.6. The van der Waals surface area contributed by atoms with Crippen LogP contribution in [0.3, 0.4) is 0 Å². The molecule has 2 atom stereocenters. The summed E-state index contributed by atoms with van der Waals surface area (Å²) in [5.74, 6) is 0.682. The summed E-state index contributed by atoms with van der Waals surface area (Å²) in [7, 11) is 1.49. The Bertz CT molecular complexity index is 564. The molecule has 3 aliphatic rings. The number of carbonyl (C=O) groups is 1. The molecule has 4 rings (SSSR count). The summed E-state index contributed by atoms with van der Waals surface area (Å²) in [6.45, 7) is 5.12. The predicted molar refractivity (Wildman–Crippen MR) is 82.1 cm³/mol. The van der Waals surface area contributed by atoms with Crippen molar-refractivity contribution in [1.82, 2.24) is 9.80 Å². The SMILES string of the molecule is COc1cc(CN2C[C@@H]3CC[C@H]2CN(C(C)=O)C3)ccc1F. The first-order chi connectivity index (χ1) is 10.6. The zero-order chi connectivity index (χ0) is 15.7. The van der Waals surface area contributed by atoms with Crippen molar-refractivity contribution < 1.29 is 13.9 Å². The molecule has 3 heterocycles. The largest absolute Gasteiger partial charge is 0.494 e. The van der Waals surface area contributed by atoms with E-state index in [9.17, 15) is 9.18 Å². The molecule has 0 saturated carbocycles. The fraction of sp³-hybridized carbons (Fsp3) is 0.588. The van der Waals surface area contributed by atoms with Crippen molar-refractivity contribution in [2.24, 2.45) is 5.92 Å². The quantitative estimate of drug-likeness (QED) is 0.859. The summed E-state index contributed by atoms with van der Waals surface area (Å²) in [5.41, 5.74) is 1.06. The van der Waals surface area contributed by atoms with Gasteiger partial charge in [-0.1, -0.05) is 6.07 Å². The van der Waals surface area contributed by atoms with E-state index in [2.05, 4.69) is 4.90 Å². The summed E-state index contributed by atoms with van der Waals surface area (Å²) in [5, 5.41) is 0. The molecule has 22 heavy (non-hydrogen) atoms. The third-order valence-electron chi connectivity index (χ3n) is 4.87. The molecule has 5 heteroatoms. The highest BCUT2D eigenvalue weighted by Crippen LogP contribution is 2.30. The number of hydrogen-bond acceptors (Lipinski definition) is 3. The number of halogens is 1. The van der Waals surface area contributed by atoms with Crippen molar-refractivity contribution in [3.63, 3.8) is 0 Å². The Balaban J connectivity index is 1.74. The third-order valence-corrected chi connectivity index (χ3v) is 4.87. The van der Waals surface area contributed by atoms with Crippen molar-refractivity contribution in [2.75, 3.05) is 26.7 Å². The van der Waals surface area contributed by atoms with Crippen molar-refractivity contribution >= 4 is 5.91 Å². The number of benzene rings is 1. The minimum absolute atomic E-state index is 0.169. The van der Waals surface area contributed by atoms with Gasteiger partial charge in [-0.05, 0) is 36.5 Å². The van der Waals surface area contributed by atoms with Crippen molar-refractivity contribution in [3.8, 4) is 5.75 Å². The third kappa shape index (κ3) is 3.09. The molecule has 3 saturated heterocycles. The summed E-state index contributed by atoms with van der Waals surface area (Å²) in [6.07, 6.45) is 2.32. The molecule has 0 radical (unpaired) electrons. The van der Waals surface area contributed by atoms with Gasteiger partial charge in [-0.3, -0.25) is 9.69 Å². The fourth-order valence-corrected chi connectivity index (χ4v) is 3.67. The van der Waals surface area contributed by atoms with Crippen LogP contribution in [0.2, 0.25) is 0 Å². The molecule has 4 nitrogen and oxygen atoms in total. The second-order valence-corrected chi connectivity index (χ2v) is 6.42. The lowest BCUT2D eigenvalue weighted by Crippen LogP contribution is -2.43. The highest BCUT2D eigenvalue weighted by Gasteiger charge is 2.35. The smallest absolute Gasteiger partial charge is 0.219 e. The molecule has 3 fully saturated rings. The van der Waals surface area contributed by atoms with Crippen LogP contribution in [0.15, 0.2) is 18.2 Å². The van der Waals surface area contributed by atoms with E-state index in [0.717, 1.165) is 38.2 Å². The van der Waals surface area contributed by atoms with Crippen LogP contribution in [0.25, 0.3) is 0 Å². The molecule has 3 aliphatic heterocycles. The zero-order valence-corrected chi connectivity index (χ0v) is 13.2. The number of hydrogen-bond donors (Lipinski definition) is 0. The van der Waals surface area contributed by atoms with Gasteiger partial charge in [0.05, 0.1) is 7.11 Å². The normalized spacial score (nSPS) is 25.1. The summed E-state index contributed by atoms with van der Waals surface area (Å²) >= 11 is 0. The van der Waals surface area contributed by atoms with Crippen LogP contribution in [-0.2, 0) is 11.3 Å². The number of amides is 1. The van der Waals surface area contributed by atoms with Gasteiger partial charge in [0.25, 0.3) is 0 Å². The lowest BCUT2D eigenvalue weighted by molar-refractivity contribution is -0.129. The molecule has 2 bridgehead atoms. The van der Waals surface area contributed by atoms with Crippen LogP contribution in [0.4, 0.5) is 4.39 Å². The van der Waals surface area contributed by atoms with E-state index >= 15 is 0 Å².